The van der Waals surface area contributed by atoms with Crippen molar-refractivity contribution in [2.24, 2.45) is 0 Å². The number of nitrogens with two attached hydrogens (primary N) is 1. The van der Waals surface area contributed by atoms with Crippen LogP contribution in [0.15, 0.2) is 46.2 Å². The number of nitrogen functional groups attached to an aromatic ring is 1. The second-order valence-corrected chi connectivity index (χ2v) is 16.8. The Morgan fingerprint density at radius 3 is 1.40 bits per heavy atom. The van der Waals surface area contributed by atoms with Gasteiger partial charge in [-0.3, -0.25) is 19.2 Å². The number of benzene rings is 2. The lowest BCUT2D eigenvalue weighted by molar-refractivity contribution is -0.385. The van der Waals surface area contributed by atoms with Crippen LogP contribution in [0.25, 0.3) is 0 Å². The Hall–Kier alpha value is -2.30. The van der Waals surface area contributed by atoms with Crippen molar-refractivity contribution >= 4 is 46.2 Å². The molecule has 0 aliphatic heterocycles. The van der Waals surface area contributed by atoms with Crippen LogP contribution in [0.4, 0.5) is 20.2 Å². The van der Waals surface area contributed by atoms with E-state index in [2.05, 4.69) is 0 Å². The zero-order chi connectivity index (χ0) is 32.4. The van der Waals surface area contributed by atoms with E-state index >= 15 is 0 Å². The second kappa shape index (κ2) is 17.3. The Bertz CT molecular complexity index is 1540. The standard InChI is InChI=1S/C11H15FNO7PS.C11H17FNO5PS.CH4/c1-3-19-21(16,20-4-2)8-22(17,18)11-6-5-9(13(14)15)7-10(11)12;1-3-17-19(14,18-4-2)8-20(15,16)11-6-5-9(13)7-10(11)12;/h5-7H,3-4,8H2,1-2H3;5-7H,3-4,8,13H2,1-2H3;1H4. The summed E-state index contributed by atoms with van der Waals surface area (Å²) < 4.78 is 120. The van der Waals surface area contributed by atoms with Crippen LogP contribution in [0.2, 0.25) is 0 Å². The maximum absolute atomic E-state index is 13.8. The van der Waals surface area contributed by atoms with Crippen LogP contribution < -0.4 is 5.73 Å². The molecule has 0 aliphatic rings. The van der Waals surface area contributed by atoms with Crippen molar-refractivity contribution in [1.29, 1.82) is 0 Å². The molecule has 43 heavy (non-hydrogen) atoms. The van der Waals surface area contributed by atoms with E-state index in [1.807, 2.05) is 0 Å². The van der Waals surface area contributed by atoms with Crippen molar-refractivity contribution in [2.45, 2.75) is 44.9 Å². The fourth-order valence-electron chi connectivity index (χ4n) is 3.19. The highest BCUT2D eigenvalue weighted by atomic mass is 32.2. The quantitative estimate of drug-likeness (QED) is 0.102. The minimum Gasteiger partial charge on any atom is -0.399 e. The van der Waals surface area contributed by atoms with E-state index in [9.17, 15) is 44.9 Å². The number of rotatable bonds is 15. The van der Waals surface area contributed by atoms with Crippen molar-refractivity contribution in [1.82, 2.24) is 0 Å². The van der Waals surface area contributed by atoms with Gasteiger partial charge in [-0.15, -0.1) is 0 Å². The van der Waals surface area contributed by atoms with E-state index in [0.717, 1.165) is 24.3 Å². The maximum atomic E-state index is 13.8. The van der Waals surface area contributed by atoms with Crippen LogP contribution >= 0.6 is 15.2 Å². The van der Waals surface area contributed by atoms with Crippen LogP contribution in [-0.2, 0) is 46.9 Å². The lowest BCUT2D eigenvalue weighted by Gasteiger charge is -2.17. The van der Waals surface area contributed by atoms with E-state index < -0.39 is 77.9 Å². The Kier molecular flexibility index (Phi) is 16.3. The van der Waals surface area contributed by atoms with Crippen LogP contribution in [0.3, 0.4) is 0 Å². The molecule has 0 fully saturated rings. The van der Waals surface area contributed by atoms with Crippen molar-refractivity contribution in [3.63, 3.8) is 0 Å². The maximum Gasteiger partial charge on any atom is 0.346 e. The van der Waals surface area contributed by atoms with Gasteiger partial charge in [-0.25, -0.2) is 25.6 Å². The monoisotopic (exact) mass is 696 g/mol. The molecule has 0 radical (unpaired) electrons. The molecule has 0 spiro atoms. The highest BCUT2D eigenvalue weighted by Gasteiger charge is 2.35. The predicted molar refractivity (Wildman–Crippen MR) is 156 cm³/mol. The molecule has 0 aliphatic carbocycles. The molecule has 0 amide bonds. The average Bonchev–Trinajstić information content (AvgIpc) is 2.83. The first-order valence-electron chi connectivity index (χ1n) is 12.1. The number of sulfone groups is 2. The molecule has 0 aromatic heterocycles. The summed E-state index contributed by atoms with van der Waals surface area (Å²) in [6, 6.07) is 5.26. The van der Waals surface area contributed by atoms with Gasteiger partial charge in [0.05, 0.1) is 37.4 Å². The molecule has 20 heteroatoms. The lowest BCUT2D eigenvalue weighted by Crippen LogP contribution is -2.12. The molecule has 0 saturated heterocycles. The molecule has 0 unspecified atom stereocenters. The third kappa shape index (κ3) is 12.3. The number of halogens is 2. The van der Waals surface area contributed by atoms with Crippen LogP contribution in [0, 0.1) is 21.7 Å². The minimum absolute atomic E-state index is 0. The summed E-state index contributed by atoms with van der Waals surface area (Å²) in [4.78, 5) is 8.29. The van der Waals surface area contributed by atoms with Crippen LogP contribution in [0.5, 0.6) is 0 Å². The first-order chi connectivity index (χ1) is 19.4. The molecule has 0 bridgehead atoms. The first-order valence-corrected chi connectivity index (χ1v) is 18.9. The van der Waals surface area contributed by atoms with Crippen molar-refractivity contribution in [2.75, 3.05) is 43.1 Å². The van der Waals surface area contributed by atoms with Gasteiger partial charge in [-0.05, 0) is 52.0 Å². The third-order valence-corrected chi connectivity index (χ3v) is 14.6. The fourth-order valence-corrected chi connectivity index (χ4v) is 11.8. The Labute approximate surface area is 249 Å². The summed E-state index contributed by atoms with van der Waals surface area (Å²) in [5.74, 6) is -2.29. The Morgan fingerprint density at radius 2 is 1.09 bits per heavy atom. The summed E-state index contributed by atoms with van der Waals surface area (Å²) >= 11 is 0. The zero-order valence-electron chi connectivity index (χ0n) is 23.1. The van der Waals surface area contributed by atoms with E-state index in [4.69, 9.17) is 23.8 Å². The largest absolute Gasteiger partial charge is 0.399 e. The summed E-state index contributed by atoms with van der Waals surface area (Å²) in [5.41, 5.74) is 2.90. The normalized spacial score (nSPS) is 12.1. The molecule has 0 saturated carbocycles. The molecule has 2 N–H and O–H groups in total. The number of nitrogens with zero attached hydrogens (tertiary/aromatic N) is 1. The first kappa shape index (κ1) is 40.7. The molecule has 0 heterocycles. The number of non-ortho nitro benzene ring substituents is 1. The number of anilines is 1. The molecule has 14 nitrogen and oxygen atoms in total. The van der Waals surface area contributed by atoms with E-state index in [1.54, 1.807) is 13.8 Å². The van der Waals surface area contributed by atoms with Crippen molar-refractivity contribution in [3.05, 3.63) is 58.1 Å². The van der Waals surface area contributed by atoms with Gasteiger partial charge in [0.15, 0.2) is 30.7 Å². The van der Waals surface area contributed by atoms with Gasteiger partial charge in [0, 0.05) is 11.8 Å². The lowest BCUT2D eigenvalue weighted by atomic mass is 10.3. The molecule has 246 valence electrons. The van der Waals surface area contributed by atoms with Crippen LogP contribution in [-0.4, -0.2) is 59.2 Å². The number of nitro groups is 1. The van der Waals surface area contributed by atoms with E-state index in [1.165, 1.54) is 19.9 Å². The summed E-state index contributed by atoms with van der Waals surface area (Å²) in [5, 5.41) is 10.5. The van der Waals surface area contributed by atoms with Crippen molar-refractivity contribution in [3.8, 4) is 0 Å². The predicted octanol–water partition coefficient (Wildman–Crippen LogP) is 5.77. The molecular formula is C23H36F2N2O12P2S2. The van der Waals surface area contributed by atoms with Gasteiger partial charge < -0.3 is 23.8 Å². The third-order valence-electron chi connectivity index (χ3n) is 4.71. The molecule has 2 aromatic rings. The summed E-state index contributed by atoms with van der Waals surface area (Å²) in [6.07, 6.45) is 0. The summed E-state index contributed by atoms with van der Waals surface area (Å²) in [7, 11) is -16.3. The van der Waals surface area contributed by atoms with Gasteiger partial charge in [0.1, 0.15) is 21.4 Å². The molecule has 2 rings (SSSR count). The summed E-state index contributed by atoms with van der Waals surface area (Å²) in [6.45, 7) is 6.08. The van der Waals surface area contributed by atoms with Gasteiger partial charge >= 0.3 is 15.2 Å². The number of hydrogen-bond donors (Lipinski definition) is 1. The smallest absolute Gasteiger partial charge is 0.346 e. The van der Waals surface area contributed by atoms with Gasteiger partial charge in [0.2, 0.25) is 0 Å². The number of hydrogen-bond acceptors (Lipinski definition) is 13. The fraction of sp³-hybridized carbons (Fsp3) is 0.478. The highest BCUT2D eigenvalue weighted by molar-refractivity contribution is 7.98. The SMILES string of the molecule is C.CCOP(=O)(CS(=O)(=O)c1ccc(N)cc1F)OCC.CCOP(=O)(CS(=O)(=O)c1ccc([N+](=O)[O-])cc1F)OCC. The molecular weight excluding hydrogens is 660 g/mol. The minimum atomic E-state index is -4.35. The Balaban J connectivity index is 0.000000805. The molecule has 0 atom stereocenters. The van der Waals surface area contributed by atoms with E-state index in [-0.39, 0.29) is 39.5 Å². The van der Waals surface area contributed by atoms with E-state index in [0.29, 0.717) is 6.07 Å². The van der Waals surface area contributed by atoms with Crippen LogP contribution in [0.1, 0.15) is 35.1 Å². The van der Waals surface area contributed by atoms with Gasteiger partial charge in [0.25, 0.3) is 5.69 Å². The topological polar surface area (TPSA) is 208 Å². The van der Waals surface area contributed by atoms with Gasteiger partial charge in [-0.2, -0.15) is 0 Å². The zero-order valence-corrected chi connectivity index (χ0v) is 26.5. The Morgan fingerprint density at radius 1 is 0.744 bits per heavy atom. The van der Waals surface area contributed by atoms with Crippen molar-refractivity contribution < 1.29 is 57.8 Å². The number of nitro benzene ring substituents is 1. The van der Waals surface area contributed by atoms with Gasteiger partial charge in [-0.1, -0.05) is 7.43 Å². The molecule has 2 aromatic carbocycles. The average molecular weight is 697 g/mol. The second-order valence-electron chi connectivity index (χ2n) is 7.94. The highest BCUT2D eigenvalue weighted by Crippen LogP contribution is 2.51.